The number of nitrogens with zero attached hydrogens (tertiary/aromatic N) is 1. The summed E-state index contributed by atoms with van der Waals surface area (Å²) in [5.74, 6) is 2.66. The average molecular weight is 871 g/mol. The Bertz CT molecular complexity index is 2410. The molecule has 0 bridgehead atoms. The van der Waals surface area contributed by atoms with Gasteiger partial charge < -0.3 is 30.0 Å². The predicted molar refractivity (Wildman–Crippen MR) is 250 cm³/mol. The number of pyridine rings is 1. The molecule has 63 heavy (non-hydrogen) atoms. The van der Waals surface area contributed by atoms with Crippen LogP contribution in [0, 0.1) is 11.8 Å². The van der Waals surface area contributed by atoms with Gasteiger partial charge in [-0.2, -0.15) is 0 Å². The largest absolute Gasteiger partial charge is 0.496 e. The fraction of sp³-hybridized carbons (Fsp3) is 0.415. The number of aryl methyl sites for hydroxylation is 1. The van der Waals surface area contributed by atoms with E-state index in [9.17, 15) is 14.7 Å². The smallest absolute Gasteiger partial charge is 0.329 e. The van der Waals surface area contributed by atoms with Crippen LogP contribution in [-0.4, -0.2) is 54.4 Å². The molecule has 3 aliphatic rings. The third-order valence-electron chi connectivity index (χ3n) is 13.9. The second kappa shape index (κ2) is 19.5. The second-order valence-electron chi connectivity index (χ2n) is 18.1. The fourth-order valence-electron chi connectivity index (χ4n) is 10.6. The number of carboxylic acid groups (broad SMARTS) is 1. The van der Waals surface area contributed by atoms with Crippen LogP contribution >= 0.6 is 11.6 Å². The van der Waals surface area contributed by atoms with E-state index in [0.29, 0.717) is 55.0 Å². The first-order chi connectivity index (χ1) is 30.6. The minimum atomic E-state index is -1.10. The van der Waals surface area contributed by atoms with Gasteiger partial charge in [-0.1, -0.05) is 67.9 Å². The molecule has 1 saturated carbocycles. The Morgan fingerprint density at radius 1 is 0.921 bits per heavy atom. The molecule has 3 atom stereocenters. The highest BCUT2D eigenvalue weighted by molar-refractivity contribution is 6.30. The molecule has 10 heteroatoms. The van der Waals surface area contributed by atoms with Gasteiger partial charge in [0, 0.05) is 45.8 Å². The SMILES string of the molecule is COc1ccccc1-c1cccc(C(=O)NCCCCOc2ccc3c(c2)C2(CCC(Nc4cccc(Cl)c4)(C(=O)O)CC2)[C@@H](C[C@@H](C)COc2ccnc4c2[C@H](C)CCC4)C3)c1. The van der Waals surface area contributed by atoms with Gasteiger partial charge in [0.1, 0.15) is 22.8 Å². The zero-order valence-corrected chi connectivity index (χ0v) is 37.5. The Balaban J connectivity index is 0.923. The lowest BCUT2D eigenvalue weighted by molar-refractivity contribution is -0.144. The molecule has 8 rings (SSSR count). The highest BCUT2D eigenvalue weighted by atomic mass is 35.5. The lowest BCUT2D eigenvalue weighted by atomic mass is 9.59. The Morgan fingerprint density at radius 3 is 2.56 bits per heavy atom. The number of hydrogen-bond donors (Lipinski definition) is 3. The van der Waals surface area contributed by atoms with E-state index in [0.717, 1.165) is 85.4 Å². The highest BCUT2D eigenvalue weighted by Crippen LogP contribution is 2.57. The van der Waals surface area contributed by atoms with Crippen LogP contribution in [0.15, 0.2) is 103 Å². The van der Waals surface area contributed by atoms with Crippen LogP contribution in [-0.2, 0) is 23.1 Å². The first-order valence-electron chi connectivity index (χ1n) is 22.7. The third kappa shape index (κ3) is 9.69. The van der Waals surface area contributed by atoms with E-state index in [-0.39, 0.29) is 17.2 Å². The third-order valence-corrected chi connectivity index (χ3v) is 14.2. The van der Waals surface area contributed by atoms with Crippen molar-refractivity contribution in [2.24, 2.45) is 11.8 Å². The van der Waals surface area contributed by atoms with Gasteiger partial charge in [-0.3, -0.25) is 9.78 Å². The summed E-state index contributed by atoms with van der Waals surface area (Å²) in [5, 5.41) is 17.8. The highest BCUT2D eigenvalue weighted by Gasteiger charge is 2.54. The molecule has 330 valence electrons. The number of amides is 1. The van der Waals surface area contributed by atoms with E-state index >= 15 is 0 Å². The Hall–Kier alpha value is -5.54. The summed E-state index contributed by atoms with van der Waals surface area (Å²) in [4.78, 5) is 30.9. The van der Waals surface area contributed by atoms with E-state index in [1.165, 1.54) is 28.8 Å². The van der Waals surface area contributed by atoms with Crippen LogP contribution in [0.1, 0.15) is 110 Å². The molecule has 1 amide bonds. The maximum atomic E-state index is 13.1. The molecule has 4 aromatic carbocycles. The first-order valence-corrected chi connectivity index (χ1v) is 23.1. The summed E-state index contributed by atoms with van der Waals surface area (Å²) in [6, 6.07) is 31.3. The van der Waals surface area contributed by atoms with Gasteiger partial charge in [0.05, 0.1) is 20.3 Å². The van der Waals surface area contributed by atoms with Crippen molar-refractivity contribution >= 4 is 29.2 Å². The van der Waals surface area contributed by atoms with Gasteiger partial charge in [-0.15, -0.1) is 0 Å². The number of fused-ring (bicyclic) bond motifs is 3. The molecule has 1 heterocycles. The van der Waals surface area contributed by atoms with Crippen molar-refractivity contribution in [3.8, 4) is 28.4 Å². The van der Waals surface area contributed by atoms with Crippen molar-refractivity contribution in [3.63, 3.8) is 0 Å². The number of methoxy groups -OCH3 is 1. The van der Waals surface area contributed by atoms with Gasteiger partial charge in [-0.05, 0) is 165 Å². The second-order valence-corrected chi connectivity index (χ2v) is 18.5. The number of carboxylic acids is 1. The first kappa shape index (κ1) is 44.1. The van der Waals surface area contributed by atoms with Crippen molar-refractivity contribution in [1.29, 1.82) is 0 Å². The van der Waals surface area contributed by atoms with E-state index in [1.807, 2.05) is 72.9 Å². The summed E-state index contributed by atoms with van der Waals surface area (Å²) < 4.78 is 18.5. The number of nitrogens with one attached hydrogen (secondary N) is 2. The van der Waals surface area contributed by atoms with Gasteiger partial charge >= 0.3 is 5.97 Å². The van der Waals surface area contributed by atoms with Crippen LogP contribution in [0.3, 0.4) is 0 Å². The molecule has 0 radical (unpaired) electrons. The maximum Gasteiger partial charge on any atom is 0.329 e. The molecule has 0 unspecified atom stereocenters. The average Bonchev–Trinajstić information content (AvgIpc) is 3.58. The number of carbonyl (C=O) groups is 2. The summed E-state index contributed by atoms with van der Waals surface area (Å²) >= 11 is 6.33. The van der Waals surface area contributed by atoms with E-state index in [4.69, 9.17) is 25.8 Å². The molecule has 0 aliphatic heterocycles. The Morgan fingerprint density at radius 2 is 1.75 bits per heavy atom. The number of aromatic nitrogens is 1. The van der Waals surface area contributed by atoms with Crippen molar-refractivity contribution in [1.82, 2.24) is 10.3 Å². The topological polar surface area (TPSA) is 119 Å². The van der Waals surface area contributed by atoms with Crippen LogP contribution < -0.4 is 24.8 Å². The van der Waals surface area contributed by atoms with Crippen molar-refractivity contribution in [2.75, 3.05) is 32.2 Å². The summed E-state index contributed by atoms with van der Waals surface area (Å²) in [7, 11) is 1.65. The van der Waals surface area contributed by atoms with Crippen molar-refractivity contribution in [3.05, 3.63) is 136 Å². The van der Waals surface area contributed by atoms with E-state index in [2.05, 4.69) is 47.7 Å². The fourth-order valence-corrected chi connectivity index (χ4v) is 10.8. The van der Waals surface area contributed by atoms with E-state index in [1.54, 1.807) is 19.2 Å². The van der Waals surface area contributed by atoms with Crippen molar-refractivity contribution in [2.45, 2.75) is 101 Å². The molecular formula is C53H60ClN3O6. The monoisotopic (exact) mass is 869 g/mol. The summed E-state index contributed by atoms with van der Waals surface area (Å²) in [5.41, 5.74) is 6.95. The lowest BCUT2D eigenvalue weighted by Crippen LogP contribution is -2.53. The normalized spacial score (nSPS) is 21.8. The number of benzene rings is 4. The molecule has 1 aromatic heterocycles. The molecule has 9 nitrogen and oxygen atoms in total. The zero-order chi connectivity index (χ0) is 44.0. The summed E-state index contributed by atoms with van der Waals surface area (Å²) in [6.45, 7) is 6.24. The number of para-hydroxylation sites is 1. The van der Waals surface area contributed by atoms with Crippen LogP contribution in [0.5, 0.6) is 17.2 Å². The molecule has 5 aromatic rings. The lowest BCUT2D eigenvalue weighted by Gasteiger charge is -2.47. The number of carbonyl (C=O) groups excluding carboxylic acids is 1. The van der Waals surface area contributed by atoms with Gasteiger partial charge in [0.15, 0.2) is 0 Å². The maximum absolute atomic E-state index is 13.1. The number of unbranched alkanes of at least 4 members (excludes halogenated alkanes) is 1. The van der Waals surface area contributed by atoms with Gasteiger partial charge in [0.25, 0.3) is 5.91 Å². The molecule has 1 fully saturated rings. The molecular weight excluding hydrogens is 810 g/mol. The van der Waals surface area contributed by atoms with Crippen LogP contribution in [0.4, 0.5) is 5.69 Å². The van der Waals surface area contributed by atoms with Gasteiger partial charge in [0.2, 0.25) is 0 Å². The number of halogens is 1. The molecule has 0 saturated heterocycles. The summed E-state index contributed by atoms with van der Waals surface area (Å²) in [6.07, 6.45) is 11.1. The number of anilines is 1. The number of hydrogen-bond acceptors (Lipinski definition) is 7. The van der Waals surface area contributed by atoms with Crippen LogP contribution in [0.2, 0.25) is 5.02 Å². The Kier molecular flexibility index (Phi) is 13.6. The predicted octanol–water partition coefficient (Wildman–Crippen LogP) is 11.5. The quantitative estimate of drug-likeness (QED) is 0.0791. The standard InChI is InChI=1S/C53H60ClN3O6/c1-35(34-63-48-21-27-55-46-17-8-11-36(2)49(46)48)29-40-31-38-19-20-43(33-45(38)52(40)22-24-53(25-23-52,51(59)60)57-42-15-10-14-41(54)32-42)62-28-7-6-26-56-50(58)39-13-9-12-37(30-39)44-16-4-5-18-47(44)61-3/h4-5,9-10,12-16,18-21,27,30,32-33,35-36,40,57H,6-8,11,17,22-26,28-29,31,34H2,1-3H3,(H,56,58)(H,59,60)/t35-,36-,40+,52?,53?/m1/s1. The zero-order valence-electron chi connectivity index (χ0n) is 36.8. The van der Waals surface area contributed by atoms with Crippen molar-refractivity contribution < 1.29 is 28.9 Å². The minimum Gasteiger partial charge on any atom is -0.496 e. The van der Waals surface area contributed by atoms with Gasteiger partial charge in [-0.25, -0.2) is 4.79 Å². The minimum absolute atomic E-state index is 0.111. The number of rotatable bonds is 17. The number of ether oxygens (including phenoxy) is 3. The molecule has 1 spiro atoms. The van der Waals surface area contributed by atoms with E-state index < -0.39 is 11.5 Å². The Labute approximate surface area is 376 Å². The number of aliphatic carboxylic acids is 1. The molecule has 3 N–H and O–H groups in total. The van der Waals surface area contributed by atoms with Crippen LogP contribution in [0.25, 0.3) is 11.1 Å². The molecule has 3 aliphatic carbocycles.